The van der Waals surface area contributed by atoms with E-state index in [0.29, 0.717) is 23.1 Å². The third-order valence-corrected chi connectivity index (χ3v) is 5.30. The van der Waals surface area contributed by atoms with E-state index >= 15 is 0 Å². The first-order chi connectivity index (χ1) is 14.3. The number of carbonyl (C=O) groups excluding carboxylic acids is 3. The predicted molar refractivity (Wildman–Crippen MR) is 118 cm³/mol. The lowest BCUT2D eigenvalue weighted by Crippen LogP contribution is -2.36. The monoisotopic (exact) mass is 430 g/mol. The van der Waals surface area contributed by atoms with Crippen LogP contribution in [0.15, 0.2) is 24.3 Å². The van der Waals surface area contributed by atoms with E-state index in [4.69, 9.17) is 0 Å². The van der Waals surface area contributed by atoms with Gasteiger partial charge in [0.2, 0.25) is 11.8 Å². The van der Waals surface area contributed by atoms with Gasteiger partial charge < -0.3 is 16.0 Å². The zero-order chi connectivity index (χ0) is 21.7. The Kier molecular flexibility index (Phi) is 7.01. The summed E-state index contributed by atoms with van der Waals surface area (Å²) in [4.78, 5) is 42.9. The third-order valence-electron chi connectivity index (χ3n) is 4.31. The Bertz CT molecular complexity index is 925. The van der Waals surface area contributed by atoms with E-state index in [0.717, 1.165) is 23.5 Å². The Morgan fingerprint density at radius 2 is 1.77 bits per heavy atom. The summed E-state index contributed by atoms with van der Waals surface area (Å²) in [6.45, 7) is 6.85. The van der Waals surface area contributed by atoms with Crippen LogP contribution < -0.4 is 21.3 Å². The van der Waals surface area contributed by atoms with Gasteiger partial charge in [0.15, 0.2) is 5.13 Å². The van der Waals surface area contributed by atoms with Crippen molar-refractivity contribution >= 4 is 45.7 Å². The van der Waals surface area contributed by atoms with Crippen LogP contribution in [0.25, 0.3) is 0 Å². The van der Waals surface area contributed by atoms with Crippen molar-refractivity contribution in [3.63, 3.8) is 0 Å². The van der Waals surface area contributed by atoms with E-state index in [9.17, 15) is 14.4 Å². The highest BCUT2D eigenvalue weighted by Gasteiger charge is 2.23. The average Bonchev–Trinajstić information content (AvgIpc) is 3.03. The van der Waals surface area contributed by atoms with E-state index in [1.165, 1.54) is 18.3 Å². The van der Waals surface area contributed by atoms with E-state index in [1.807, 2.05) is 13.8 Å². The van der Waals surface area contributed by atoms with Crippen LogP contribution in [-0.2, 0) is 22.6 Å². The molecule has 0 radical (unpaired) electrons. The molecule has 3 rings (SSSR count). The van der Waals surface area contributed by atoms with Gasteiger partial charge in [-0.05, 0) is 38.1 Å². The molecule has 0 saturated heterocycles. The number of urea groups is 1. The fourth-order valence-electron chi connectivity index (χ4n) is 3.08. The standard InChI is InChI=1S/C20H26N6O3S/c1-12(2)21-19(29)25-20-24-16-8-9-26(10-17(16)30-20)11-18(28)23-15-6-4-14(5-7-15)22-13(3)27/h4-7,12H,8-11H2,1-3H3,(H,22,27)(H,23,28)(H2,21,24,25,29). The quantitative estimate of drug-likeness (QED) is 0.562. The smallest absolute Gasteiger partial charge is 0.321 e. The zero-order valence-corrected chi connectivity index (χ0v) is 18.1. The molecule has 4 amide bonds. The second kappa shape index (κ2) is 9.68. The fourth-order valence-corrected chi connectivity index (χ4v) is 4.12. The molecule has 160 valence electrons. The summed E-state index contributed by atoms with van der Waals surface area (Å²) in [5.74, 6) is -0.247. The number of amides is 4. The van der Waals surface area contributed by atoms with Crippen molar-refractivity contribution in [2.45, 2.75) is 39.8 Å². The van der Waals surface area contributed by atoms with Gasteiger partial charge in [0, 0.05) is 48.7 Å². The van der Waals surface area contributed by atoms with Gasteiger partial charge in [0.1, 0.15) is 0 Å². The maximum atomic E-state index is 12.4. The molecule has 0 unspecified atom stereocenters. The third kappa shape index (κ3) is 6.26. The number of rotatable bonds is 6. The highest BCUT2D eigenvalue weighted by atomic mass is 32.1. The van der Waals surface area contributed by atoms with Gasteiger partial charge >= 0.3 is 6.03 Å². The van der Waals surface area contributed by atoms with Crippen molar-refractivity contribution in [3.8, 4) is 0 Å². The number of nitrogens with zero attached hydrogens (tertiary/aromatic N) is 2. The van der Waals surface area contributed by atoms with Crippen LogP contribution in [0.5, 0.6) is 0 Å². The van der Waals surface area contributed by atoms with Gasteiger partial charge in [-0.1, -0.05) is 0 Å². The minimum absolute atomic E-state index is 0.0511. The number of hydrogen-bond donors (Lipinski definition) is 4. The van der Waals surface area contributed by atoms with Crippen LogP contribution in [0.1, 0.15) is 31.3 Å². The molecule has 10 heteroatoms. The largest absolute Gasteiger partial charge is 0.336 e. The number of thiazole rings is 1. The normalized spacial score (nSPS) is 13.5. The molecule has 30 heavy (non-hydrogen) atoms. The van der Waals surface area contributed by atoms with Crippen molar-refractivity contribution in [3.05, 3.63) is 34.8 Å². The van der Waals surface area contributed by atoms with Gasteiger partial charge in [-0.15, -0.1) is 11.3 Å². The van der Waals surface area contributed by atoms with Crippen LogP contribution >= 0.6 is 11.3 Å². The number of benzene rings is 1. The second-order valence-corrected chi connectivity index (χ2v) is 8.49. The Labute approximate surface area is 179 Å². The first-order valence-corrected chi connectivity index (χ1v) is 10.6. The molecule has 0 fully saturated rings. The Morgan fingerprint density at radius 1 is 1.10 bits per heavy atom. The maximum absolute atomic E-state index is 12.4. The van der Waals surface area contributed by atoms with Crippen molar-refractivity contribution < 1.29 is 14.4 Å². The van der Waals surface area contributed by atoms with Crippen LogP contribution in [0.3, 0.4) is 0 Å². The molecule has 1 aliphatic heterocycles. The highest BCUT2D eigenvalue weighted by molar-refractivity contribution is 7.15. The second-order valence-electron chi connectivity index (χ2n) is 7.41. The molecule has 0 bridgehead atoms. The Morgan fingerprint density at radius 3 is 2.40 bits per heavy atom. The summed E-state index contributed by atoms with van der Waals surface area (Å²) in [6, 6.07) is 6.77. The molecule has 1 aliphatic rings. The average molecular weight is 431 g/mol. The molecule has 0 atom stereocenters. The molecule has 0 saturated carbocycles. The van der Waals surface area contributed by atoms with E-state index in [-0.39, 0.29) is 30.4 Å². The number of fused-ring (bicyclic) bond motifs is 1. The van der Waals surface area contributed by atoms with Gasteiger partial charge in [0.25, 0.3) is 0 Å². The van der Waals surface area contributed by atoms with Crippen molar-refractivity contribution in [2.75, 3.05) is 29.0 Å². The lowest BCUT2D eigenvalue weighted by atomic mass is 10.2. The summed E-state index contributed by atoms with van der Waals surface area (Å²) < 4.78 is 0. The molecule has 9 nitrogen and oxygen atoms in total. The maximum Gasteiger partial charge on any atom is 0.321 e. The van der Waals surface area contributed by atoms with E-state index in [2.05, 4.69) is 31.2 Å². The fraction of sp³-hybridized carbons (Fsp3) is 0.400. The molecule has 0 spiro atoms. The first kappa shape index (κ1) is 21.7. The van der Waals surface area contributed by atoms with E-state index in [1.54, 1.807) is 24.3 Å². The van der Waals surface area contributed by atoms with Gasteiger partial charge in [-0.25, -0.2) is 9.78 Å². The molecular weight excluding hydrogens is 404 g/mol. The molecule has 1 aromatic carbocycles. The minimum Gasteiger partial charge on any atom is -0.336 e. The van der Waals surface area contributed by atoms with Gasteiger partial charge in [0.05, 0.1) is 12.2 Å². The molecule has 0 aliphatic carbocycles. The number of carbonyl (C=O) groups is 3. The molecule has 2 aromatic rings. The molecule has 1 aromatic heterocycles. The topological polar surface area (TPSA) is 115 Å². The minimum atomic E-state index is -0.267. The summed E-state index contributed by atoms with van der Waals surface area (Å²) in [5, 5.41) is 11.7. The number of hydrogen-bond acceptors (Lipinski definition) is 6. The zero-order valence-electron chi connectivity index (χ0n) is 17.2. The first-order valence-electron chi connectivity index (χ1n) is 9.74. The van der Waals surface area contributed by atoms with E-state index < -0.39 is 0 Å². The van der Waals surface area contributed by atoms with Gasteiger partial charge in [-0.2, -0.15) is 0 Å². The molecular formula is C20H26N6O3S. The highest BCUT2D eigenvalue weighted by Crippen LogP contribution is 2.28. The lowest BCUT2D eigenvalue weighted by molar-refractivity contribution is -0.117. The summed E-state index contributed by atoms with van der Waals surface area (Å²) in [5.41, 5.74) is 2.33. The Hall–Kier alpha value is -2.98. The number of nitrogens with one attached hydrogen (secondary N) is 4. The van der Waals surface area contributed by atoms with Crippen molar-refractivity contribution in [2.24, 2.45) is 0 Å². The van der Waals surface area contributed by atoms with Gasteiger partial charge in [-0.3, -0.25) is 19.8 Å². The summed E-state index contributed by atoms with van der Waals surface area (Å²) in [7, 11) is 0. The summed E-state index contributed by atoms with van der Waals surface area (Å²) >= 11 is 1.44. The molecule has 2 heterocycles. The Balaban J connectivity index is 1.51. The number of anilines is 3. The summed E-state index contributed by atoms with van der Waals surface area (Å²) in [6.07, 6.45) is 0.734. The lowest BCUT2D eigenvalue weighted by Gasteiger charge is -2.25. The number of aromatic nitrogens is 1. The van der Waals surface area contributed by atoms with Crippen LogP contribution in [-0.4, -0.2) is 46.9 Å². The van der Waals surface area contributed by atoms with Crippen molar-refractivity contribution in [1.29, 1.82) is 0 Å². The predicted octanol–water partition coefficient (Wildman–Crippen LogP) is 2.63. The SMILES string of the molecule is CC(=O)Nc1ccc(NC(=O)CN2CCc3nc(NC(=O)NC(C)C)sc3C2)cc1. The van der Waals surface area contributed by atoms with Crippen LogP contribution in [0.2, 0.25) is 0 Å². The van der Waals surface area contributed by atoms with Crippen LogP contribution in [0, 0.1) is 0 Å². The molecule has 4 N–H and O–H groups in total. The van der Waals surface area contributed by atoms with Crippen molar-refractivity contribution in [1.82, 2.24) is 15.2 Å². The van der Waals surface area contributed by atoms with Crippen LogP contribution in [0.4, 0.5) is 21.3 Å².